The number of carboxylic acids is 1. The van der Waals surface area contributed by atoms with E-state index in [1.54, 1.807) is 6.07 Å². The number of carbonyl (C=O) groups is 1. The molecule has 1 N–H and O–H groups in total. The van der Waals surface area contributed by atoms with Crippen LogP contribution < -0.4 is 9.47 Å². The molecule has 1 aromatic rings. The van der Waals surface area contributed by atoms with Gasteiger partial charge in [-0.05, 0) is 34.0 Å². The highest BCUT2D eigenvalue weighted by Crippen LogP contribution is 2.42. The molecule has 0 radical (unpaired) electrons. The number of halogens is 1. The minimum absolute atomic E-state index is 0.00157. The zero-order chi connectivity index (χ0) is 12.4. The molecule has 1 heterocycles. The average molecular weight is 301 g/mol. The van der Waals surface area contributed by atoms with Crippen molar-refractivity contribution >= 4 is 21.9 Å². The van der Waals surface area contributed by atoms with Gasteiger partial charge < -0.3 is 14.6 Å². The quantitative estimate of drug-likeness (QED) is 0.931. The monoisotopic (exact) mass is 300 g/mol. The van der Waals surface area contributed by atoms with E-state index in [0.29, 0.717) is 24.7 Å². The van der Waals surface area contributed by atoms with Gasteiger partial charge in [0.05, 0.1) is 10.9 Å². The molecule has 0 saturated carbocycles. The van der Waals surface area contributed by atoms with Gasteiger partial charge in [0.1, 0.15) is 13.2 Å². The first-order valence-electron chi connectivity index (χ1n) is 5.45. The smallest absolute Gasteiger partial charge is 0.307 e. The standard InChI is InChI=1S/C12H13BrO4/c1-2-8-7(6-10(14)15)5-9(13)12-11(8)16-3-4-17-12/h5H,2-4,6H2,1H3,(H,14,15). The fourth-order valence-corrected chi connectivity index (χ4v) is 2.55. The van der Waals surface area contributed by atoms with E-state index >= 15 is 0 Å². The van der Waals surface area contributed by atoms with Crippen molar-refractivity contribution in [2.45, 2.75) is 19.8 Å². The van der Waals surface area contributed by atoms with Crippen LogP contribution in [0.1, 0.15) is 18.1 Å². The normalized spacial score (nSPS) is 13.5. The van der Waals surface area contributed by atoms with Crippen LogP contribution in [-0.4, -0.2) is 24.3 Å². The summed E-state index contributed by atoms with van der Waals surface area (Å²) in [5.41, 5.74) is 1.70. The Morgan fingerprint density at radius 3 is 2.65 bits per heavy atom. The van der Waals surface area contributed by atoms with E-state index in [1.807, 2.05) is 6.92 Å². The lowest BCUT2D eigenvalue weighted by Crippen LogP contribution is -2.18. The van der Waals surface area contributed by atoms with Crippen molar-refractivity contribution < 1.29 is 19.4 Å². The van der Waals surface area contributed by atoms with E-state index in [4.69, 9.17) is 14.6 Å². The van der Waals surface area contributed by atoms with Crippen LogP contribution in [0.15, 0.2) is 10.5 Å². The Morgan fingerprint density at radius 1 is 1.41 bits per heavy atom. The van der Waals surface area contributed by atoms with Crippen LogP contribution in [0.4, 0.5) is 0 Å². The number of carboxylic acid groups (broad SMARTS) is 1. The van der Waals surface area contributed by atoms with Gasteiger partial charge in [0, 0.05) is 5.56 Å². The van der Waals surface area contributed by atoms with Gasteiger partial charge in [-0.3, -0.25) is 4.79 Å². The Bertz CT molecular complexity index is 456. The Kier molecular flexibility index (Phi) is 3.57. The van der Waals surface area contributed by atoms with E-state index in [9.17, 15) is 4.79 Å². The first-order chi connectivity index (χ1) is 8.13. The summed E-state index contributed by atoms with van der Waals surface area (Å²) in [5.74, 6) is 0.523. The maximum atomic E-state index is 10.8. The molecule has 4 nitrogen and oxygen atoms in total. The molecule has 0 amide bonds. The highest BCUT2D eigenvalue weighted by atomic mass is 79.9. The molecule has 1 aromatic carbocycles. The summed E-state index contributed by atoms with van der Waals surface area (Å²) in [7, 11) is 0. The van der Waals surface area contributed by atoms with Crippen LogP contribution >= 0.6 is 15.9 Å². The summed E-state index contributed by atoms with van der Waals surface area (Å²) in [6.07, 6.45) is 0.722. The summed E-state index contributed by atoms with van der Waals surface area (Å²) in [6.45, 7) is 3.00. The molecule has 1 aliphatic rings. The van der Waals surface area contributed by atoms with Crippen molar-refractivity contribution in [3.63, 3.8) is 0 Å². The topological polar surface area (TPSA) is 55.8 Å². The molecule has 92 valence electrons. The second-order valence-corrected chi connectivity index (χ2v) is 4.63. The molecular weight excluding hydrogens is 288 g/mol. The lowest BCUT2D eigenvalue weighted by atomic mass is 10.0. The van der Waals surface area contributed by atoms with E-state index in [2.05, 4.69) is 15.9 Å². The lowest BCUT2D eigenvalue weighted by Gasteiger charge is -2.23. The maximum absolute atomic E-state index is 10.8. The zero-order valence-corrected chi connectivity index (χ0v) is 11.0. The summed E-state index contributed by atoms with van der Waals surface area (Å²) >= 11 is 3.39. The fourth-order valence-electron chi connectivity index (χ4n) is 1.98. The number of benzene rings is 1. The van der Waals surface area contributed by atoms with Crippen LogP contribution in [-0.2, 0) is 17.6 Å². The Hall–Kier alpha value is -1.23. The van der Waals surface area contributed by atoms with Gasteiger partial charge in [0.25, 0.3) is 0 Å². The Labute approximate surface area is 108 Å². The molecule has 0 aliphatic carbocycles. The second kappa shape index (κ2) is 4.96. The Balaban J connectivity index is 2.53. The average Bonchev–Trinajstić information content (AvgIpc) is 2.29. The number of hydrogen-bond donors (Lipinski definition) is 1. The van der Waals surface area contributed by atoms with Crippen molar-refractivity contribution in [3.05, 3.63) is 21.7 Å². The van der Waals surface area contributed by atoms with E-state index in [1.165, 1.54) is 0 Å². The Morgan fingerprint density at radius 2 is 2.06 bits per heavy atom. The molecule has 2 rings (SSSR count). The van der Waals surface area contributed by atoms with Crippen molar-refractivity contribution in [2.24, 2.45) is 0 Å². The van der Waals surface area contributed by atoms with Crippen molar-refractivity contribution in [2.75, 3.05) is 13.2 Å². The first-order valence-corrected chi connectivity index (χ1v) is 6.24. The van der Waals surface area contributed by atoms with E-state index in [-0.39, 0.29) is 6.42 Å². The summed E-state index contributed by atoms with van der Waals surface area (Å²) in [5, 5.41) is 8.89. The van der Waals surface area contributed by atoms with Gasteiger partial charge in [-0.25, -0.2) is 0 Å². The highest BCUT2D eigenvalue weighted by Gasteiger charge is 2.22. The van der Waals surface area contributed by atoms with Gasteiger partial charge in [-0.2, -0.15) is 0 Å². The summed E-state index contributed by atoms with van der Waals surface area (Å²) in [6, 6.07) is 1.81. The molecular formula is C12H13BrO4. The van der Waals surface area contributed by atoms with Crippen LogP contribution in [0, 0.1) is 0 Å². The van der Waals surface area contributed by atoms with Crippen LogP contribution in [0.5, 0.6) is 11.5 Å². The number of fused-ring (bicyclic) bond motifs is 1. The van der Waals surface area contributed by atoms with E-state index in [0.717, 1.165) is 22.0 Å². The minimum Gasteiger partial charge on any atom is -0.486 e. The molecule has 17 heavy (non-hydrogen) atoms. The van der Waals surface area contributed by atoms with Crippen molar-refractivity contribution in [1.29, 1.82) is 0 Å². The molecule has 0 saturated heterocycles. The zero-order valence-electron chi connectivity index (χ0n) is 9.46. The predicted octanol–water partition coefficient (Wildman–Crippen LogP) is 2.41. The summed E-state index contributed by atoms with van der Waals surface area (Å²) < 4.78 is 11.9. The summed E-state index contributed by atoms with van der Waals surface area (Å²) in [4.78, 5) is 10.8. The largest absolute Gasteiger partial charge is 0.486 e. The third-order valence-electron chi connectivity index (χ3n) is 2.66. The van der Waals surface area contributed by atoms with Crippen LogP contribution in [0.2, 0.25) is 0 Å². The molecule has 0 atom stereocenters. The SMILES string of the molecule is CCc1c(CC(=O)O)cc(Br)c2c1OCCO2. The molecule has 0 unspecified atom stereocenters. The van der Waals surface area contributed by atoms with Gasteiger partial charge in [0.2, 0.25) is 0 Å². The number of ether oxygens (including phenoxy) is 2. The molecule has 0 aromatic heterocycles. The van der Waals surface area contributed by atoms with E-state index < -0.39 is 5.97 Å². The number of aliphatic carboxylic acids is 1. The minimum atomic E-state index is -0.844. The molecule has 0 bridgehead atoms. The molecule has 0 fully saturated rings. The lowest BCUT2D eigenvalue weighted by molar-refractivity contribution is -0.136. The van der Waals surface area contributed by atoms with Gasteiger partial charge in [-0.15, -0.1) is 0 Å². The molecule has 1 aliphatic heterocycles. The molecule has 0 spiro atoms. The van der Waals surface area contributed by atoms with Gasteiger partial charge in [-0.1, -0.05) is 6.92 Å². The van der Waals surface area contributed by atoms with Crippen molar-refractivity contribution in [1.82, 2.24) is 0 Å². The number of rotatable bonds is 3. The van der Waals surface area contributed by atoms with Crippen LogP contribution in [0.3, 0.4) is 0 Å². The second-order valence-electron chi connectivity index (χ2n) is 3.78. The third kappa shape index (κ3) is 2.39. The molecule has 5 heteroatoms. The first kappa shape index (κ1) is 12.2. The fraction of sp³-hybridized carbons (Fsp3) is 0.417. The highest BCUT2D eigenvalue weighted by molar-refractivity contribution is 9.10. The maximum Gasteiger partial charge on any atom is 0.307 e. The third-order valence-corrected chi connectivity index (χ3v) is 3.25. The number of hydrogen-bond acceptors (Lipinski definition) is 3. The van der Waals surface area contributed by atoms with Crippen molar-refractivity contribution in [3.8, 4) is 11.5 Å². The van der Waals surface area contributed by atoms with Gasteiger partial charge in [0.15, 0.2) is 11.5 Å². The predicted molar refractivity (Wildman–Crippen MR) is 65.8 cm³/mol. The van der Waals surface area contributed by atoms with Crippen LogP contribution in [0.25, 0.3) is 0 Å². The van der Waals surface area contributed by atoms with Gasteiger partial charge >= 0.3 is 5.97 Å².